The predicted octanol–water partition coefficient (Wildman–Crippen LogP) is 1.48. The van der Waals surface area contributed by atoms with Crippen LogP contribution in [0.25, 0.3) is 0 Å². The number of hydrogen-bond donors (Lipinski definition) is 2. The van der Waals surface area contributed by atoms with Crippen LogP contribution in [0.4, 0.5) is 0 Å². The molecule has 1 heterocycles. The monoisotopic (exact) mass is 207 g/mol. The molecular formula is C12H21N3. The van der Waals surface area contributed by atoms with Crippen LogP contribution in [0.2, 0.25) is 0 Å². The third-order valence-electron chi connectivity index (χ3n) is 2.44. The Kier molecular flexibility index (Phi) is 5.29. The van der Waals surface area contributed by atoms with Crippen LogP contribution in [0.15, 0.2) is 18.3 Å². The van der Waals surface area contributed by atoms with Crippen LogP contribution in [0.1, 0.15) is 25.1 Å². The molecular weight excluding hydrogens is 186 g/mol. The molecule has 1 atom stereocenters. The van der Waals surface area contributed by atoms with Gasteiger partial charge in [-0.2, -0.15) is 0 Å². The molecule has 0 aliphatic heterocycles. The molecule has 1 unspecified atom stereocenters. The molecule has 2 N–H and O–H groups in total. The minimum absolute atomic E-state index is 0.478. The van der Waals surface area contributed by atoms with E-state index < -0.39 is 0 Å². The summed E-state index contributed by atoms with van der Waals surface area (Å²) < 4.78 is 0. The van der Waals surface area contributed by atoms with Crippen LogP contribution in [0, 0.1) is 6.92 Å². The molecule has 1 rings (SSSR count). The van der Waals surface area contributed by atoms with Crippen molar-refractivity contribution in [2.75, 3.05) is 13.1 Å². The maximum absolute atomic E-state index is 4.35. The Hall–Kier alpha value is -0.930. The molecule has 0 aliphatic rings. The van der Waals surface area contributed by atoms with Gasteiger partial charge in [0, 0.05) is 25.3 Å². The van der Waals surface area contributed by atoms with Gasteiger partial charge in [-0.15, -0.1) is 0 Å². The van der Waals surface area contributed by atoms with Gasteiger partial charge in [-0.1, -0.05) is 13.0 Å². The highest BCUT2D eigenvalue weighted by Gasteiger charge is 2.02. The number of nitrogens with one attached hydrogen (secondary N) is 2. The molecule has 0 fully saturated rings. The first-order chi connectivity index (χ1) is 7.24. The predicted molar refractivity (Wildman–Crippen MR) is 63.8 cm³/mol. The van der Waals surface area contributed by atoms with E-state index in [1.807, 2.05) is 12.3 Å². The zero-order valence-corrected chi connectivity index (χ0v) is 9.88. The Bertz CT molecular complexity index is 286. The molecule has 0 saturated heterocycles. The van der Waals surface area contributed by atoms with Crippen LogP contribution in [0.5, 0.6) is 0 Å². The molecule has 0 radical (unpaired) electrons. The summed E-state index contributed by atoms with van der Waals surface area (Å²) in [7, 11) is 0. The van der Waals surface area contributed by atoms with Gasteiger partial charge in [0.25, 0.3) is 0 Å². The highest BCUT2D eigenvalue weighted by Crippen LogP contribution is 2.02. The summed E-state index contributed by atoms with van der Waals surface area (Å²) >= 11 is 0. The van der Waals surface area contributed by atoms with Crippen molar-refractivity contribution in [3.8, 4) is 0 Å². The van der Waals surface area contributed by atoms with E-state index >= 15 is 0 Å². The zero-order valence-electron chi connectivity index (χ0n) is 9.88. The Balaban J connectivity index is 2.33. The van der Waals surface area contributed by atoms with Crippen molar-refractivity contribution < 1.29 is 0 Å². The lowest BCUT2D eigenvalue weighted by Crippen LogP contribution is -2.36. The van der Waals surface area contributed by atoms with Gasteiger partial charge in [-0.25, -0.2) is 0 Å². The van der Waals surface area contributed by atoms with Gasteiger partial charge in [0.15, 0.2) is 0 Å². The maximum Gasteiger partial charge on any atom is 0.0570 e. The molecule has 84 valence electrons. The Morgan fingerprint density at radius 3 is 2.93 bits per heavy atom. The molecule has 3 heteroatoms. The van der Waals surface area contributed by atoms with E-state index in [4.69, 9.17) is 0 Å². The quantitative estimate of drug-likeness (QED) is 0.742. The van der Waals surface area contributed by atoms with Crippen LogP contribution in [0.3, 0.4) is 0 Å². The average Bonchev–Trinajstić information content (AvgIpc) is 2.25. The summed E-state index contributed by atoms with van der Waals surface area (Å²) in [6.45, 7) is 9.27. The number of pyridine rings is 1. The third kappa shape index (κ3) is 4.40. The summed E-state index contributed by atoms with van der Waals surface area (Å²) in [6, 6.07) is 4.55. The minimum Gasteiger partial charge on any atom is -0.315 e. The Morgan fingerprint density at radius 2 is 2.27 bits per heavy atom. The van der Waals surface area contributed by atoms with E-state index in [9.17, 15) is 0 Å². The van der Waals surface area contributed by atoms with Gasteiger partial charge in [0.1, 0.15) is 0 Å². The lowest BCUT2D eigenvalue weighted by Gasteiger charge is -2.14. The van der Waals surface area contributed by atoms with Gasteiger partial charge >= 0.3 is 0 Å². The van der Waals surface area contributed by atoms with Gasteiger partial charge in [0.2, 0.25) is 0 Å². The average molecular weight is 207 g/mol. The van der Waals surface area contributed by atoms with E-state index in [0.29, 0.717) is 6.04 Å². The van der Waals surface area contributed by atoms with E-state index in [1.54, 1.807) is 0 Å². The van der Waals surface area contributed by atoms with Crippen molar-refractivity contribution in [1.29, 1.82) is 0 Å². The molecule has 1 aromatic heterocycles. The SMILES string of the molecule is CCNCC(C)NCc1ncccc1C. The van der Waals surface area contributed by atoms with Crippen molar-refractivity contribution in [3.05, 3.63) is 29.6 Å². The minimum atomic E-state index is 0.478. The van der Waals surface area contributed by atoms with Gasteiger partial charge < -0.3 is 10.6 Å². The second kappa shape index (κ2) is 6.53. The Morgan fingerprint density at radius 1 is 1.47 bits per heavy atom. The number of hydrogen-bond acceptors (Lipinski definition) is 3. The molecule has 3 nitrogen and oxygen atoms in total. The number of likely N-dealkylation sites (N-methyl/N-ethyl adjacent to an activating group) is 1. The molecule has 0 spiro atoms. The van der Waals surface area contributed by atoms with Gasteiger partial charge in [-0.05, 0) is 32.0 Å². The summed E-state index contributed by atoms with van der Waals surface area (Å²) in [5.74, 6) is 0. The van der Waals surface area contributed by atoms with Crippen LogP contribution >= 0.6 is 0 Å². The fraction of sp³-hybridized carbons (Fsp3) is 0.583. The standard InChI is InChI=1S/C12H21N3/c1-4-13-8-11(3)15-9-12-10(2)6-5-7-14-12/h5-7,11,13,15H,4,8-9H2,1-3H3. The number of aromatic nitrogens is 1. The van der Waals surface area contributed by atoms with Crippen LogP contribution < -0.4 is 10.6 Å². The molecule has 0 aliphatic carbocycles. The molecule has 0 amide bonds. The van der Waals surface area contributed by atoms with Crippen LogP contribution in [-0.2, 0) is 6.54 Å². The maximum atomic E-state index is 4.35. The molecule has 1 aromatic rings. The molecule has 0 saturated carbocycles. The molecule has 15 heavy (non-hydrogen) atoms. The molecule has 0 aromatic carbocycles. The lowest BCUT2D eigenvalue weighted by molar-refractivity contribution is 0.504. The lowest BCUT2D eigenvalue weighted by atomic mass is 10.2. The number of rotatable bonds is 6. The van der Waals surface area contributed by atoms with Crippen LogP contribution in [-0.4, -0.2) is 24.1 Å². The number of aryl methyl sites for hydroxylation is 1. The largest absolute Gasteiger partial charge is 0.315 e. The first-order valence-electron chi connectivity index (χ1n) is 5.58. The van der Waals surface area contributed by atoms with Crippen molar-refractivity contribution in [2.24, 2.45) is 0 Å². The van der Waals surface area contributed by atoms with E-state index in [-0.39, 0.29) is 0 Å². The second-order valence-electron chi connectivity index (χ2n) is 3.86. The topological polar surface area (TPSA) is 37.0 Å². The van der Waals surface area contributed by atoms with Crippen molar-refractivity contribution >= 4 is 0 Å². The first kappa shape index (κ1) is 12.1. The van der Waals surface area contributed by atoms with Crippen molar-refractivity contribution in [1.82, 2.24) is 15.6 Å². The first-order valence-corrected chi connectivity index (χ1v) is 5.58. The fourth-order valence-electron chi connectivity index (χ4n) is 1.41. The van der Waals surface area contributed by atoms with Crippen molar-refractivity contribution in [3.63, 3.8) is 0 Å². The van der Waals surface area contributed by atoms with E-state index in [2.05, 4.69) is 42.5 Å². The van der Waals surface area contributed by atoms with Gasteiger partial charge in [-0.3, -0.25) is 4.98 Å². The van der Waals surface area contributed by atoms with Gasteiger partial charge in [0.05, 0.1) is 5.69 Å². The van der Waals surface area contributed by atoms with E-state index in [0.717, 1.165) is 25.3 Å². The zero-order chi connectivity index (χ0) is 11.1. The van der Waals surface area contributed by atoms with E-state index in [1.165, 1.54) is 5.56 Å². The third-order valence-corrected chi connectivity index (χ3v) is 2.44. The van der Waals surface area contributed by atoms with Crippen molar-refractivity contribution in [2.45, 2.75) is 33.4 Å². The Labute approximate surface area is 92.3 Å². The summed E-state index contributed by atoms with van der Waals surface area (Å²) in [6.07, 6.45) is 1.85. The normalized spacial score (nSPS) is 12.7. The second-order valence-corrected chi connectivity index (χ2v) is 3.86. The fourth-order valence-corrected chi connectivity index (χ4v) is 1.41. The summed E-state index contributed by atoms with van der Waals surface area (Å²) in [5, 5.41) is 6.77. The highest BCUT2D eigenvalue weighted by molar-refractivity contribution is 5.17. The smallest absolute Gasteiger partial charge is 0.0570 e. The molecule has 0 bridgehead atoms. The summed E-state index contributed by atoms with van der Waals surface area (Å²) in [4.78, 5) is 4.35. The highest BCUT2D eigenvalue weighted by atomic mass is 15.0. The number of nitrogens with zero attached hydrogens (tertiary/aromatic N) is 1. The summed E-state index contributed by atoms with van der Waals surface area (Å²) in [5.41, 5.74) is 2.39.